The maximum Gasteiger partial charge on any atom is 0.225 e. The predicted molar refractivity (Wildman–Crippen MR) is 162 cm³/mol. The van der Waals surface area contributed by atoms with E-state index in [1.54, 1.807) is 13.8 Å². The minimum Gasteiger partial charge on any atom is -0.324 e. The number of hydrogen-bond donors (Lipinski definition) is 0. The zero-order chi connectivity index (χ0) is 28.1. The van der Waals surface area contributed by atoms with Crippen molar-refractivity contribution in [3.05, 3.63) is 11.1 Å². The van der Waals surface area contributed by atoms with E-state index in [-0.39, 0.29) is 10.3 Å². The molecule has 0 aliphatic carbocycles. The molecule has 1 aliphatic heterocycles. The van der Waals surface area contributed by atoms with Gasteiger partial charge in [0, 0.05) is 6.54 Å². The highest BCUT2D eigenvalue weighted by molar-refractivity contribution is 7.92. The molecule has 0 spiro atoms. The Morgan fingerprint density at radius 2 is 1.21 bits per heavy atom. The van der Waals surface area contributed by atoms with E-state index in [9.17, 15) is 8.42 Å². The van der Waals surface area contributed by atoms with Crippen LogP contribution in [0, 0.1) is 6.92 Å². The Kier molecular flexibility index (Phi) is 14.0. The molecule has 2 aromatic heterocycles. The second-order valence-corrected chi connectivity index (χ2v) is 14.5. The van der Waals surface area contributed by atoms with Crippen LogP contribution in [-0.4, -0.2) is 57.7 Å². The summed E-state index contributed by atoms with van der Waals surface area (Å²) >= 11 is 6.03. The van der Waals surface area contributed by atoms with E-state index in [4.69, 9.17) is 11.6 Å². The fourth-order valence-electron chi connectivity index (χ4n) is 5.69. The quantitative estimate of drug-likeness (QED) is 0.0952. The van der Waals surface area contributed by atoms with Crippen LogP contribution in [-0.2, 0) is 16.4 Å². The van der Waals surface area contributed by atoms with E-state index in [0.717, 1.165) is 18.7 Å². The van der Waals surface area contributed by atoms with Crippen molar-refractivity contribution in [1.29, 1.82) is 0 Å². The van der Waals surface area contributed by atoms with Crippen molar-refractivity contribution in [3.63, 3.8) is 0 Å². The topological polar surface area (TPSA) is 81.0 Å². The number of sulfone groups is 1. The summed E-state index contributed by atoms with van der Waals surface area (Å²) in [5.41, 5.74) is 0.850. The van der Waals surface area contributed by atoms with Crippen molar-refractivity contribution in [2.45, 2.75) is 147 Å². The normalized spacial score (nSPS) is 15.1. The summed E-state index contributed by atoms with van der Waals surface area (Å²) < 4.78 is 27.8. The monoisotopic (exact) mass is 581 g/mol. The minimum atomic E-state index is -3.60. The molecule has 0 aromatic carbocycles. The number of aryl methyl sites for hydroxylation is 2. The lowest BCUT2D eigenvalue weighted by Gasteiger charge is -2.26. The second kappa shape index (κ2) is 16.9. The molecule has 39 heavy (non-hydrogen) atoms. The Balaban J connectivity index is 1.23. The molecule has 0 amide bonds. The maximum absolute atomic E-state index is 12.9. The zero-order valence-electron chi connectivity index (χ0n) is 24.8. The van der Waals surface area contributed by atoms with E-state index in [0.29, 0.717) is 17.7 Å². The number of hydrogen-bond acceptors (Lipinski definition) is 6. The van der Waals surface area contributed by atoms with Crippen LogP contribution in [0.4, 0.5) is 0 Å². The van der Waals surface area contributed by atoms with Crippen molar-refractivity contribution in [1.82, 2.24) is 24.4 Å². The van der Waals surface area contributed by atoms with Crippen molar-refractivity contribution in [2.24, 2.45) is 0 Å². The van der Waals surface area contributed by atoms with Crippen LogP contribution in [0.1, 0.15) is 129 Å². The highest BCUT2D eigenvalue weighted by Crippen LogP contribution is 2.26. The highest BCUT2D eigenvalue weighted by Gasteiger charge is 2.28. The molecular formula is C30H52ClN5O2S. The van der Waals surface area contributed by atoms with Crippen LogP contribution in [0.25, 0.3) is 11.2 Å². The predicted octanol–water partition coefficient (Wildman–Crippen LogP) is 7.92. The molecule has 0 saturated carbocycles. The first-order valence-electron chi connectivity index (χ1n) is 15.7. The molecule has 2 aromatic rings. The number of imidazole rings is 1. The number of halogens is 1. The van der Waals surface area contributed by atoms with Crippen LogP contribution in [0.5, 0.6) is 0 Å². The lowest BCUT2D eigenvalue weighted by molar-refractivity contribution is 0.224. The molecule has 7 nitrogen and oxygen atoms in total. The Hall–Kier alpha value is -1.25. The largest absolute Gasteiger partial charge is 0.324 e. The lowest BCUT2D eigenvalue weighted by atomic mass is 10.0. The summed E-state index contributed by atoms with van der Waals surface area (Å²) in [6.45, 7) is 9.91. The second-order valence-electron chi connectivity index (χ2n) is 11.7. The smallest absolute Gasteiger partial charge is 0.225 e. The third kappa shape index (κ3) is 10.3. The van der Waals surface area contributed by atoms with Crippen LogP contribution < -0.4 is 0 Å². The fourth-order valence-corrected chi connectivity index (χ4v) is 7.04. The summed E-state index contributed by atoms with van der Waals surface area (Å²) in [6, 6.07) is 0. The molecule has 0 bridgehead atoms. The van der Waals surface area contributed by atoms with Gasteiger partial charge in [0.15, 0.2) is 20.5 Å². The number of fused-ring (bicyclic) bond motifs is 1. The van der Waals surface area contributed by atoms with Gasteiger partial charge in [0.2, 0.25) is 5.28 Å². The Morgan fingerprint density at radius 1 is 0.718 bits per heavy atom. The van der Waals surface area contributed by atoms with Gasteiger partial charge in [-0.1, -0.05) is 83.5 Å². The first-order chi connectivity index (χ1) is 18.8. The van der Waals surface area contributed by atoms with Gasteiger partial charge < -0.3 is 9.47 Å². The van der Waals surface area contributed by atoms with Gasteiger partial charge in [0.1, 0.15) is 11.3 Å². The van der Waals surface area contributed by atoms with E-state index in [2.05, 4.69) is 19.9 Å². The molecule has 0 unspecified atom stereocenters. The average Bonchev–Trinajstić information content (AvgIpc) is 3.22. The van der Waals surface area contributed by atoms with Gasteiger partial charge in [0.05, 0.1) is 5.25 Å². The molecule has 0 radical (unpaired) electrons. The van der Waals surface area contributed by atoms with E-state index in [1.807, 2.05) is 11.5 Å². The summed E-state index contributed by atoms with van der Waals surface area (Å²) in [4.78, 5) is 15.4. The summed E-state index contributed by atoms with van der Waals surface area (Å²) in [6.07, 6.45) is 22.7. The van der Waals surface area contributed by atoms with Gasteiger partial charge in [-0.2, -0.15) is 4.98 Å². The first kappa shape index (κ1) is 32.3. The van der Waals surface area contributed by atoms with Crippen molar-refractivity contribution in [2.75, 3.05) is 19.6 Å². The third-order valence-corrected chi connectivity index (χ3v) is 10.4. The highest BCUT2D eigenvalue weighted by atomic mass is 35.5. The Labute approximate surface area is 242 Å². The van der Waals surface area contributed by atoms with E-state index in [1.165, 1.54) is 116 Å². The number of aromatic nitrogens is 4. The van der Waals surface area contributed by atoms with Gasteiger partial charge in [0.25, 0.3) is 0 Å². The number of nitrogens with zero attached hydrogens (tertiary/aromatic N) is 5. The molecule has 0 N–H and O–H groups in total. The average molecular weight is 582 g/mol. The molecule has 222 valence electrons. The summed E-state index contributed by atoms with van der Waals surface area (Å²) in [5.74, 6) is 0.749. The van der Waals surface area contributed by atoms with Crippen molar-refractivity contribution in [3.8, 4) is 0 Å². The van der Waals surface area contributed by atoms with Crippen LogP contribution in [0.3, 0.4) is 0 Å². The molecule has 9 heteroatoms. The zero-order valence-corrected chi connectivity index (χ0v) is 26.3. The molecular weight excluding hydrogens is 530 g/mol. The number of likely N-dealkylation sites (tertiary alicyclic amines) is 1. The summed E-state index contributed by atoms with van der Waals surface area (Å²) in [5, 5.41) is -0.666. The van der Waals surface area contributed by atoms with Crippen LogP contribution in [0.15, 0.2) is 5.03 Å². The van der Waals surface area contributed by atoms with Crippen molar-refractivity contribution < 1.29 is 8.42 Å². The Morgan fingerprint density at radius 3 is 1.72 bits per heavy atom. The maximum atomic E-state index is 12.9. The van der Waals surface area contributed by atoms with Crippen LogP contribution >= 0.6 is 11.6 Å². The molecule has 1 saturated heterocycles. The number of unbranched alkanes of at least 4 members (excludes halogenated alkanes) is 13. The number of piperidine rings is 1. The first-order valence-corrected chi connectivity index (χ1v) is 17.6. The molecule has 3 rings (SSSR count). The van der Waals surface area contributed by atoms with Gasteiger partial charge in [-0.25, -0.2) is 18.4 Å². The molecule has 3 heterocycles. The van der Waals surface area contributed by atoms with Crippen LogP contribution in [0.2, 0.25) is 5.28 Å². The fraction of sp³-hybridized carbons (Fsp3) is 0.833. The van der Waals surface area contributed by atoms with Crippen molar-refractivity contribution >= 4 is 32.6 Å². The Bertz CT molecular complexity index is 1100. The van der Waals surface area contributed by atoms with Gasteiger partial charge in [-0.05, 0) is 77.7 Å². The lowest BCUT2D eigenvalue weighted by Crippen LogP contribution is -2.30. The number of rotatable bonds is 19. The van der Waals surface area contributed by atoms with E-state index >= 15 is 0 Å². The third-order valence-electron chi connectivity index (χ3n) is 8.18. The van der Waals surface area contributed by atoms with Gasteiger partial charge >= 0.3 is 0 Å². The minimum absolute atomic E-state index is 0.000889. The SMILES string of the molecule is Cc1nc2nc(Cl)nc(S(=O)(=O)C(C)C)c2n1CCCCCCCCCCCCCCCCN1CCCCC1. The van der Waals surface area contributed by atoms with Gasteiger partial charge in [-0.15, -0.1) is 0 Å². The molecule has 1 fully saturated rings. The van der Waals surface area contributed by atoms with Gasteiger partial charge in [-0.3, -0.25) is 0 Å². The molecule has 1 aliphatic rings. The summed E-state index contributed by atoms with van der Waals surface area (Å²) in [7, 11) is -3.60. The molecule has 0 atom stereocenters. The van der Waals surface area contributed by atoms with E-state index < -0.39 is 15.1 Å². The standard InChI is InChI=1S/C30H52ClN5O2S/c1-25(2)39(37,38)29-27-28(33-30(31)34-29)32-26(3)36(27)24-20-15-13-11-9-7-5-4-6-8-10-12-14-17-21-35-22-18-16-19-23-35/h25H,4-24H2,1-3H3.